The summed E-state index contributed by atoms with van der Waals surface area (Å²) in [5.41, 5.74) is 7.23. The fraction of sp³-hybridized carbons (Fsp3) is 0.105. The Morgan fingerprint density at radius 1 is 1.12 bits per heavy atom. The number of carbonyl (C=O) groups excluding carboxylic acids is 2. The molecule has 0 radical (unpaired) electrons. The summed E-state index contributed by atoms with van der Waals surface area (Å²) in [5, 5.41) is 3.27. The van der Waals surface area contributed by atoms with Crippen molar-refractivity contribution in [3.8, 4) is 0 Å². The van der Waals surface area contributed by atoms with Crippen LogP contribution in [-0.4, -0.2) is 16.8 Å². The Hall–Kier alpha value is -3.28. The van der Waals surface area contributed by atoms with Crippen molar-refractivity contribution in [3.63, 3.8) is 0 Å². The van der Waals surface area contributed by atoms with Crippen molar-refractivity contribution in [2.45, 2.75) is 13.0 Å². The highest BCUT2D eigenvalue weighted by molar-refractivity contribution is 6.00. The average molecular weight is 337 g/mol. The molecule has 1 aromatic heterocycles. The SMILES string of the molecule is Cc1nc2cc(F)ccc2cc1C(=O)N[C@H](C(N)=O)c1ccccc1. The van der Waals surface area contributed by atoms with Crippen molar-refractivity contribution in [1.29, 1.82) is 0 Å². The maximum absolute atomic E-state index is 13.3. The van der Waals surface area contributed by atoms with E-state index in [1.165, 1.54) is 12.1 Å². The van der Waals surface area contributed by atoms with Crippen molar-refractivity contribution < 1.29 is 14.0 Å². The number of aromatic nitrogens is 1. The molecule has 6 heteroatoms. The van der Waals surface area contributed by atoms with Crippen LogP contribution in [0.2, 0.25) is 0 Å². The van der Waals surface area contributed by atoms with Gasteiger partial charge in [0.05, 0.1) is 16.8 Å². The highest BCUT2D eigenvalue weighted by Gasteiger charge is 2.22. The Kier molecular flexibility index (Phi) is 4.43. The minimum Gasteiger partial charge on any atom is -0.368 e. The third-order valence-electron chi connectivity index (χ3n) is 3.91. The first-order valence-corrected chi connectivity index (χ1v) is 7.68. The van der Waals surface area contributed by atoms with Gasteiger partial charge in [-0.15, -0.1) is 0 Å². The molecule has 126 valence electrons. The van der Waals surface area contributed by atoms with Gasteiger partial charge in [0.15, 0.2) is 0 Å². The van der Waals surface area contributed by atoms with Crippen LogP contribution in [0.5, 0.6) is 0 Å². The molecular formula is C19H16FN3O2. The summed E-state index contributed by atoms with van der Waals surface area (Å²) < 4.78 is 13.3. The lowest BCUT2D eigenvalue weighted by molar-refractivity contribution is -0.120. The van der Waals surface area contributed by atoms with E-state index >= 15 is 0 Å². The van der Waals surface area contributed by atoms with Crippen LogP contribution < -0.4 is 11.1 Å². The maximum atomic E-state index is 13.3. The summed E-state index contributed by atoms with van der Waals surface area (Å²) >= 11 is 0. The van der Waals surface area contributed by atoms with Gasteiger partial charge in [-0.25, -0.2) is 4.39 Å². The number of fused-ring (bicyclic) bond motifs is 1. The van der Waals surface area contributed by atoms with Crippen LogP contribution in [-0.2, 0) is 4.79 Å². The van der Waals surface area contributed by atoms with E-state index in [9.17, 15) is 14.0 Å². The molecule has 1 atom stereocenters. The number of primary amides is 1. The average Bonchev–Trinajstić information content (AvgIpc) is 2.59. The zero-order valence-electron chi connectivity index (χ0n) is 13.5. The molecule has 1 heterocycles. The molecule has 3 N–H and O–H groups in total. The number of nitrogens with zero attached hydrogens (tertiary/aromatic N) is 1. The van der Waals surface area contributed by atoms with E-state index < -0.39 is 23.7 Å². The first-order chi connectivity index (χ1) is 12.0. The van der Waals surface area contributed by atoms with Gasteiger partial charge >= 0.3 is 0 Å². The lowest BCUT2D eigenvalue weighted by Crippen LogP contribution is -2.37. The van der Waals surface area contributed by atoms with Crippen molar-refractivity contribution >= 4 is 22.7 Å². The topological polar surface area (TPSA) is 85.1 Å². The van der Waals surface area contributed by atoms with Crippen molar-refractivity contribution in [2.24, 2.45) is 5.73 Å². The number of pyridine rings is 1. The quantitative estimate of drug-likeness (QED) is 0.767. The van der Waals surface area contributed by atoms with Gasteiger partial charge in [0.2, 0.25) is 5.91 Å². The number of aryl methyl sites for hydroxylation is 1. The normalized spacial score (nSPS) is 11.9. The van der Waals surface area contributed by atoms with Crippen molar-refractivity contribution in [1.82, 2.24) is 10.3 Å². The maximum Gasteiger partial charge on any atom is 0.254 e. The Balaban J connectivity index is 1.94. The summed E-state index contributed by atoms with van der Waals surface area (Å²) in [6.45, 7) is 1.65. The van der Waals surface area contributed by atoms with Gasteiger partial charge in [-0.3, -0.25) is 14.6 Å². The van der Waals surface area contributed by atoms with Gasteiger partial charge in [-0.1, -0.05) is 30.3 Å². The zero-order valence-corrected chi connectivity index (χ0v) is 13.5. The number of benzene rings is 2. The Bertz CT molecular complexity index is 958. The van der Waals surface area contributed by atoms with E-state index in [2.05, 4.69) is 10.3 Å². The second kappa shape index (κ2) is 6.68. The Labute approximate surface area is 143 Å². The molecule has 0 saturated carbocycles. The lowest BCUT2D eigenvalue weighted by Gasteiger charge is -2.17. The highest BCUT2D eigenvalue weighted by Crippen LogP contribution is 2.19. The van der Waals surface area contributed by atoms with Gasteiger partial charge in [0.25, 0.3) is 5.91 Å². The van der Waals surface area contributed by atoms with Gasteiger partial charge < -0.3 is 11.1 Å². The molecule has 0 fully saturated rings. The molecule has 2 amide bonds. The Morgan fingerprint density at radius 2 is 1.84 bits per heavy atom. The number of amides is 2. The van der Waals surface area contributed by atoms with Gasteiger partial charge in [0, 0.05) is 11.5 Å². The molecule has 0 saturated heterocycles. The van der Waals surface area contributed by atoms with E-state index in [0.29, 0.717) is 27.7 Å². The molecule has 0 aliphatic rings. The molecule has 5 nitrogen and oxygen atoms in total. The van der Waals surface area contributed by atoms with Crippen LogP contribution in [0.15, 0.2) is 54.6 Å². The van der Waals surface area contributed by atoms with Crippen LogP contribution in [0.1, 0.15) is 27.7 Å². The predicted molar refractivity (Wildman–Crippen MR) is 92.3 cm³/mol. The number of halogens is 1. The molecule has 0 bridgehead atoms. The molecular weight excluding hydrogens is 321 g/mol. The lowest BCUT2D eigenvalue weighted by atomic mass is 10.0. The summed E-state index contributed by atoms with van der Waals surface area (Å²) in [6.07, 6.45) is 0. The van der Waals surface area contributed by atoms with Crippen LogP contribution in [0.25, 0.3) is 10.9 Å². The number of hydrogen-bond acceptors (Lipinski definition) is 3. The number of rotatable bonds is 4. The first kappa shape index (κ1) is 16.6. The van der Waals surface area contributed by atoms with E-state index in [-0.39, 0.29) is 0 Å². The summed E-state index contributed by atoms with van der Waals surface area (Å²) in [4.78, 5) is 28.6. The first-order valence-electron chi connectivity index (χ1n) is 7.68. The predicted octanol–water partition coefficient (Wildman–Crippen LogP) is 2.64. The van der Waals surface area contributed by atoms with E-state index in [1.807, 2.05) is 0 Å². The zero-order chi connectivity index (χ0) is 18.0. The monoisotopic (exact) mass is 337 g/mol. The molecule has 2 aromatic carbocycles. The number of carbonyl (C=O) groups is 2. The smallest absolute Gasteiger partial charge is 0.254 e. The second-order valence-electron chi connectivity index (χ2n) is 5.68. The number of nitrogens with one attached hydrogen (secondary N) is 1. The third kappa shape index (κ3) is 3.47. The molecule has 3 rings (SSSR count). The molecule has 0 aliphatic carbocycles. The minimum atomic E-state index is -0.947. The molecule has 0 spiro atoms. The van der Waals surface area contributed by atoms with Crippen molar-refractivity contribution in [2.75, 3.05) is 0 Å². The number of hydrogen-bond donors (Lipinski definition) is 2. The van der Waals surface area contributed by atoms with Crippen LogP contribution in [0, 0.1) is 12.7 Å². The molecule has 3 aromatic rings. The van der Waals surface area contributed by atoms with Crippen LogP contribution in [0.4, 0.5) is 4.39 Å². The second-order valence-corrected chi connectivity index (χ2v) is 5.68. The molecule has 0 aliphatic heterocycles. The molecule has 0 unspecified atom stereocenters. The minimum absolute atomic E-state index is 0.307. The highest BCUT2D eigenvalue weighted by atomic mass is 19.1. The Morgan fingerprint density at radius 3 is 2.52 bits per heavy atom. The summed E-state index contributed by atoms with van der Waals surface area (Å²) in [5.74, 6) is -1.52. The molecule has 25 heavy (non-hydrogen) atoms. The van der Waals surface area contributed by atoms with Gasteiger partial charge in [-0.2, -0.15) is 0 Å². The van der Waals surface area contributed by atoms with E-state index in [0.717, 1.165) is 0 Å². The van der Waals surface area contributed by atoms with Crippen LogP contribution >= 0.6 is 0 Å². The van der Waals surface area contributed by atoms with Gasteiger partial charge in [0.1, 0.15) is 11.9 Å². The summed E-state index contributed by atoms with van der Waals surface area (Å²) in [7, 11) is 0. The van der Waals surface area contributed by atoms with E-state index in [1.54, 1.807) is 49.4 Å². The fourth-order valence-electron chi connectivity index (χ4n) is 2.64. The van der Waals surface area contributed by atoms with Gasteiger partial charge in [-0.05, 0) is 30.7 Å². The summed E-state index contributed by atoms with van der Waals surface area (Å²) in [6, 6.07) is 13.6. The number of nitrogens with two attached hydrogens (primary N) is 1. The van der Waals surface area contributed by atoms with E-state index in [4.69, 9.17) is 5.73 Å². The standard InChI is InChI=1S/C19H16FN3O2/c1-11-15(9-13-7-8-14(20)10-16(13)22-11)19(25)23-17(18(21)24)12-5-3-2-4-6-12/h2-10,17H,1H3,(H2,21,24)(H,23,25)/t17-/m0/s1. The third-order valence-corrected chi connectivity index (χ3v) is 3.91. The van der Waals surface area contributed by atoms with Crippen molar-refractivity contribution in [3.05, 3.63) is 77.2 Å². The largest absolute Gasteiger partial charge is 0.368 e. The fourth-order valence-corrected chi connectivity index (χ4v) is 2.64. The van der Waals surface area contributed by atoms with Crippen LogP contribution in [0.3, 0.4) is 0 Å².